The van der Waals surface area contributed by atoms with Crippen LogP contribution in [0.25, 0.3) is 0 Å². The number of rotatable bonds is 3. The third kappa shape index (κ3) is 2.92. The summed E-state index contributed by atoms with van der Waals surface area (Å²) in [4.78, 5) is 11.5. The van der Waals surface area contributed by atoms with Gasteiger partial charge in [0.25, 0.3) is 0 Å². The molecule has 1 aliphatic heterocycles. The van der Waals surface area contributed by atoms with Gasteiger partial charge in [0.1, 0.15) is 29.8 Å². The molecule has 26 heavy (non-hydrogen) atoms. The van der Waals surface area contributed by atoms with Crippen LogP contribution in [0.3, 0.4) is 0 Å². The molecular formula is C20H22N4O2. The molecule has 134 valence electrons. The zero-order valence-electron chi connectivity index (χ0n) is 15.5. The Hall–Kier alpha value is -2.89. The van der Waals surface area contributed by atoms with Crippen LogP contribution in [0.1, 0.15) is 39.7 Å². The van der Waals surface area contributed by atoms with Crippen molar-refractivity contribution >= 4 is 5.82 Å². The highest BCUT2D eigenvalue weighted by molar-refractivity contribution is 5.54. The first-order valence-corrected chi connectivity index (χ1v) is 8.73. The topological polar surface area (TPSA) is 64.3 Å². The second-order valence-corrected chi connectivity index (χ2v) is 6.75. The molecule has 1 aromatic carbocycles. The first-order valence-electron chi connectivity index (χ1n) is 8.73. The lowest BCUT2D eigenvalue weighted by Gasteiger charge is -2.22. The van der Waals surface area contributed by atoms with Gasteiger partial charge >= 0.3 is 0 Å². The van der Waals surface area contributed by atoms with Crippen LogP contribution in [0.15, 0.2) is 28.8 Å². The molecule has 0 saturated carbocycles. The maximum absolute atomic E-state index is 5.97. The Morgan fingerprint density at radius 1 is 1.12 bits per heavy atom. The quantitative estimate of drug-likeness (QED) is 0.720. The molecule has 6 nitrogen and oxygen atoms in total. The van der Waals surface area contributed by atoms with Gasteiger partial charge in [-0.15, -0.1) is 0 Å². The Kier molecular flexibility index (Phi) is 4.11. The fourth-order valence-corrected chi connectivity index (χ4v) is 3.42. The molecule has 0 fully saturated rings. The van der Waals surface area contributed by atoms with E-state index in [1.165, 1.54) is 0 Å². The van der Waals surface area contributed by atoms with Crippen molar-refractivity contribution in [3.8, 4) is 5.75 Å². The van der Waals surface area contributed by atoms with Crippen LogP contribution in [0, 0.1) is 20.8 Å². The molecule has 6 heteroatoms. The minimum atomic E-state index is 0.460. The van der Waals surface area contributed by atoms with E-state index in [0.717, 1.165) is 57.7 Å². The molecule has 3 heterocycles. The van der Waals surface area contributed by atoms with Crippen molar-refractivity contribution in [1.29, 1.82) is 0 Å². The highest BCUT2D eigenvalue weighted by Crippen LogP contribution is 2.32. The minimum absolute atomic E-state index is 0.460. The van der Waals surface area contributed by atoms with Gasteiger partial charge in [-0.3, -0.25) is 0 Å². The molecule has 0 unspecified atom stereocenters. The van der Waals surface area contributed by atoms with Crippen molar-refractivity contribution < 1.29 is 9.26 Å². The highest BCUT2D eigenvalue weighted by Gasteiger charge is 2.23. The maximum atomic E-state index is 5.97. The Labute approximate surface area is 152 Å². The smallest absolute Gasteiger partial charge is 0.138 e. The number of anilines is 1. The number of aryl methyl sites for hydroxylation is 3. The first-order chi connectivity index (χ1) is 12.5. The van der Waals surface area contributed by atoms with Gasteiger partial charge in [0, 0.05) is 31.1 Å². The number of fused-ring (bicyclic) bond motifs is 2. The lowest BCUT2D eigenvalue weighted by atomic mass is 10.0. The lowest BCUT2D eigenvalue weighted by molar-refractivity contribution is 0.301. The standard InChI is InChI=1S/C20H22N4O2/c1-12-17(13(2)26-23-12)10-24(4)20-16-9-15-7-5-6-8-19(15)25-11-18(16)21-14(3)22-20/h5-8H,9-11H2,1-4H3. The van der Waals surface area contributed by atoms with E-state index < -0.39 is 0 Å². The van der Waals surface area contributed by atoms with E-state index >= 15 is 0 Å². The molecule has 0 aliphatic carbocycles. The summed E-state index contributed by atoms with van der Waals surface area (Å²) in [7, 11) is 2.05. The Morgan fingerprint density at radius 2 is 1.92 bits per heavy atom. The fourth-order valence-electron chi connectivity index (χ4n) is 3.42. The molecule has 0 radical (unpaired) electrons. The third-order valence-electron chi connectivity index (χ3n) is 4.83. The van der Waals surface area contributed by atoms with Crippen molar-refractivity contribution in [3.05, 3.63) is 63.9 Å². The zero-order valence-corrected chi connectivity index (χ0v) is 15.5. The van der Waals surface area contributed by atoms with Crippen LogP contribution in [0.2, 0.25) is 0 Å². The summed E-state index contributed by atoms with van der Waals surface area (Å²) in [6.45, 7) is 6.98. The average Bonchev–Trinajstić information content (AvgIpc) is 2.83. The number of aromatic nitrogens is 3. The SMILES string of the molecule is Cc1nc2c(c(N(C)Cc3c(C)noc3C)n1)Cc1ccccc1OC2. The van der Waals surface area contributed by atoms with Gasteiger partial charge in [-0.25, -0.2) is 9.97 Å². The Morgan fingerprint density at radius 3 is 2.69 bits per heavy atom. The average molecular weight is 350 g/mol. The van der Waals surface area contributed by atoms with E-state index in [2.05, 4.69) is 21.1 Å². The second-order valence-electron chi connectivity index (χ2n) is 6.75. The lowest BCUT2D eigenvalue weighted by Crippen LogP contribution is -2.22. The van der Waals surface area contributed by atoms with Crippen LogP contribution < -0.4 is 9.64 Å². The van der Waals surface area contributed by atoms with E-state index in [9.17, 15) is 0 Å². The van der Waals surface area contributed by atoms with Crippen LogP contribution >= 0.6 is 0 Å². The summed E-state index contributed by atoms with van der Waals surface area (Å²) < 4.78 is 11.3. The van der Waals surface area contributed by atoms with Gasteiger partial charge in [-0.1, -0.05) is 23.4 Å². The van der Waals surface area contributed by atoms with E-state index in [1.807, 2.05) is 46.0 Å². The van der Waals surface area contributed by atoms with Crippen molar-refractivity contribution in [2.24, 2.45) is 0 Å². The normalized spacial score (nSPS) is 12.8. The molecule has 2 aromatic heterocycles. The number of nitrogens with zero attached hydrogens (tertiary/aromatic N) is 4. The summed E-state index contributed by atoms with van der Waals surface area (Å²) in [5.74, 6) is 3.45. The fraction of sp³-hybridized carbons (Fsp3) is 0.350. The molecule has 0 saturated heterocycles. The number of hydrogen-bond acceptors (Lipinski definition) is 6. The van der Waals surface area contributed by atoms with Crippen molar-refractivity contribution in [1.82, 2.24) is 15.1 Å². The van der Waals surface area contributed by atoms with Gasteiger partial charge in [-0.2, -0.15) is 0 Å². The van der Waals surface area contributed by atoms with E-state index in [-0.39, 0.29) is 0 Å². The summed E-state index contributed by atoms with van der Waals surface area (Å²) in [6, 6.07) is 8.14. The molecule has 3 aromatic rings. The van der Waals surface area contributed by atoms with Crippen molar-refractivity contribution in [2.75, 3.05) is 11.9 Å². The van der Waals surface area contributed by atoms with E-state index in [4.69, 9.17) is 14.2 Å². The predicted octanol–water partition coefficient (Wildman–Crippen LogP) is 3.51. The largest absolute Gasteiger partial charge is 0.487 e. The Balaban J connectivity index is 1.75. The van der Waals surface area contributed by atoms with Crippen LogP contribution in [0.5, 0.6) is 5.75 Å². The van der Waals surface area contributed by atoms with Gasteiger partial charge in [0.05, 0.1) is 11.4 Å². The highest BCUT2D eigenvalue weighted by atomic mass is 16.5. The number of benzene rings is 1. The molecular weight excluding hydrogens is 328 g/mol. The van der Waals surface area contributed by atoms with E-state index in [0.29, 0.717) is 13.2 Å². The van der Waals surface area contributed by atoms with Crippen LogP contribution in [0.4, 0.5) is 5.82 Å². The molecule has 0 amide bonds. The van der Waals surface area contributed by atoms with Gasteiger partial charge in [0.15, 0.2) is 0 Å². The molecule has 4 rings (SSSR count). The van der Waals surface area contributed by atoms with Crippen molar-refractivity contribution in [2.45, 2.75) is 40.3 Å². The summed E-state index contributed by atoms with van der Waals surface area (Å²) in [5, 5.41) is 4.06. The molecule has 1 aliphatic rings. The monoisotopic (exact) mass is 350 g/mol. The van der Waals surface area contributed by atoms with Crippen LogP contribution in [-0.4, -0.2) is 22.2 Å². The van der Waals surface area contributed by atoms with E-state index in [1.54, 1.807) is 0 Å². The minimum Gasteiger partial charge on any atom is -0.487 e. The van der Waals surface area contributed by atoms with Crippen LogP contribution in [-0.2, 0) is 19.6 Å². The predicted molar refractivity (Wildman–Crippen MR) is 98.4 cm³/mol. The van der Waals surface area contributed by atoms with Crippen molar-refractivity contribution in [3.63, 3.8) is 0 Å². The second kappa shape index (κ2) is 6.44. The maximum Gasteiger partial charge on any atom is 0.138 e. The van der Waals surface area contributed by atoms with Gasteiger partial charge < -0.3 is 14.2 Å². The summed E-state index contributed by atoms with van der Waals surface area (Å²) in [5.41, 5.74) is 5.25. The summed E-state index contributed by atoms with van der Waals surface area (Å²) >= 11 is 0. The molecule has 0 N–H and O–H groups in total. The van der Waals surface area contributed by atoms with Gasteiger partial charge in [0.2, 0.25) is 0 Å². The number of ether oxygens (including phenoxy) is 1. The molecule has 0 bridgehead atoms. The molecule has 0 spiro atoms. The number of para-hydroxylation sites is 1. The third-order valence-corrected chi connectivity index (χ3v) is 4.83. The molecule has 0 atom stereocenters. The number of hydrogen-bond donors (Lipinski definition) is 0. The van der Waals surface area contributed by atoms with Gasteiger partial charge in [-0.05, 0) is 32.4 Å². The zero-order chi connectivity index (χ0) is 18.3. The Bertz CT molecular complexity index is 945. The summed E-state index contributed by atoms with van der Waals surface area (Å²) in [6.07, 6.45) is 0.757. The first kappa shape index (κ1) is 16.6.